The second kappa shape index (κ2) is 8.86. The maximum absolute atomic E-state index is 15.3. The lowest BCUT2D eigenvalue weighted by molar-refractivity contribution is 0.0831. The van der Waals surface area contributed by atoms with Gasteiger partial charge in [-0.25, -0.2) is 9.37 Å². The first-order valence-electron chi connectivity index (χ1n) is 13.7. The van der Waals surface area contributed by atoms with Crippen molar-refractivity contribution in [2.75, 3.05) is 4.90 Å². The summed E-state index contributed by atoms with van der Waals surface area (Å²) in [6, 6.07) is 7.79. The van der Waals surface area contributed by atoms with Gasteiger partial charge in [0.15, 0.2) is 0 Å². The summed E-state index contributed by atoms with van der Waals surface area (Å²) in [6.07, 6.45) is 9.07. The quantitative estimate of drug-likeness (QED) is 0.508. The Morgan fingerprint density at radius 3 is 2.68 bits per heavy atom. The monoisotopic (exact) mass is 516 g/mol. The van der Waals surface area contributed by atoms with E-state index in [2.05, 4.69) is 44.2 Å². The van der Waals surface area contributed by atoms with Gasteiger partial charge in [-0.1, -0.05) is 6.07 Å². The molecule has 3 aliphatic heterocycles. The maximum atomic E-state index is 15.3. The number of ether oxygens (including phenoxy) is 1. The summed E-state index contributed by atoms with van der Waals surface area (Å²) in [5.41, 5.74) is 3.48. The molecule has 2 saturated heterocycles. The Kier molecular flexibility index (Phi) is 5.54. The highest BCUT2D eigenvalue weighted by Gasteiger charge is 2.48. The summed E-state index contributed by atoms with van der Waals surface area (Å²) >= 11 is 0. The first-order valence-corrected chi connectivity index (χ1v) is 13.7. The zero-order valence-corrected chi connectivity index (χ0v) is 21.8. The Morgan fingerprint density at radius 1 is 1.05 bits per heavy atom. The van der Waals surface area contributed by atoms with Gasteiger partial charge in [0.05, 0.1) is 17.9 Å². The molecule has 0 unspecified atom stereocenters. The van der Waals surface area contributed by atoms with E-state index in [0.29, 0.717) is 23.2 Å². The third kappa shape index (κ3) is 4.26. The van der Waals surface area contributed by atoms with E-state index in [-0.39, 0.29) is 29.5 Å². The number of hydrogen-bond donors (Lipinski definition) is 2. The van der Waals surface area contributed by atoms with Gasteiger partial charge in [-0.2, -0.15) is 0 Å². The van der Waals surface area contributed by atoms with Gasteiger partial charge in [0, 0.05) is 35.4 Å². The van der Waals surface area contributed by atoms with Gasteiger partial charge in [-0.05, 0) is 82.6 Å². The number of aromatic hydroxyl groups is 1. The molecule has 2 aromatic heterocycles. The zero-order valence-electron chi connectivity index (χ0n) is 21.8. The number of nitrogens with zero attached hydrogens (tertiary/aromatic N) is 5. The molecule has 1 saturated carbocycles. The van der Waals surface area contributed by atoms with Gasteiger partial charge in [-0.15, -0.1) is 10.2 Å². The second-order valence-electron chi connectivity index (χ2n) is 11.8. The van der Waals surface area contributed by atoms with E-state index in [1.807, 2.05) is 24.4 Å². The molecule has 198 valence electrons. The highest BCUT2D eigenvalue weighted by molar-refractivity contribution is 5.74. The van der Waals surface area contributed by atoms with Crippen LogP contribution >= 0.6 is 0 Å². The number of phenolic OH excluding ortho intramolecular Hbond substituents is 1. The van der Waals surface area contributed by atoms with Gasteiger partial charge in [0.2, 0.25) is 5.95 Å². The molecule has 2 N–H and O–H groups in total. The average molecular weight is 517 g/mol. The molecule has 4 atom stereocenters. The van der Waals surface area contributed by atoms with Crippen molar-refractivity contribution in [1.82, 2.24) is 25.5 Å². The van der Waals surface area contributed by atoms with E-state index in [1.54, 1.807) is 12.3 Å². The van der Waals surface area contributed by atoms with Crippen molar-refractivity contribution in [1.29, 1.82) is 0 Å². The number of fused-ring (bicyclic) bond motifs is 3. The molecule has 9 heteroatoms. The maximum Gasteiger partial charge on any atom is 0.245 e. The predicted molar refractivity (Wildman–Crippen MR) is 142 cm³/mol. The minimum Gasteiger partial charge on any atom is -0.507 e. The molecular weight excluding hydrogens is 483 g/mol. The largest absolute Gasteiger partial charge is 0.507 e. The fraction of sp³-hybridized carbons (Fsp3) is 0.517. The number of halogens is 1. The summed E-state index contributed by atoms with van der Waals surface area (Å²) in [4.78, 5) is 11.3. The smallest absolute Gasteiger partial charge is 0.245 e. The van der Waals surface area contributed by atoms with E-state index in [9.17, 15) is 5.11 Å². The number of benzene rings is 1. The van der Waals surface area contributed by atoms with Crippen LogP contribution in [0.25, 0.3) is 22.4 Å². The molecule has 1 aliphatic carbocycles. The SMILES string of the molecule is CC1(C)CCc2ncc(-c3ccc(-c4cnc(N(C5CC5)[C@H]5C[C@@H]6CC[C@H](N6)[C@H]5F)nn4)c(O)c3)cc2O1. The number of pyridine rings is 1. The van der Waals surface area contributed by atoms with Gasteiger partial charge >= 0.3 is 0 Å². The van der Waals surface area contributed by atoms with Crippen LogP contribution in [-0.4, -0.2) is 61.2 Å². The van der Waals surface area contributed by atoms with Crippen LogP contribution in [0.15, 0.2) is 36.7 Å². The van der Waals surface area contributed by atoms with Gasteiger partial charge in [0.1, 0.15) is 29.0 Å². The zero-order chi connectivity index (χ0) is 26.0. The van der Waals surface area contributed by atoms with Crippen molar-refractivity contribution < 1.29 is 14.2 Å². The van der Waals surface area contributed by atoms with E-state index in [1.165, 1.54) is 0 Å². The molecule has 0 spiro atoms. The molecule has 0 radical (unpaired) electrons. The minimum absolute atomic E-state index is 0.0777. The van der Waals surface area contributed by atoms with Crippen LogP contribution in [0.1, 0.15) is 58.1 Å². The number of alkyl halides is 1. The van der Waals surface area contributed by atoms with Crippen LogP contribution < -0.4 is 15.0 Å². The van der Waals surface area contributed by atoms with Crippen LogP contribution in [0.3, 0.4) is 0 Å². The highest BCUT2D eigenvalue weighted by atomic mass is 19.1. The van der Waals surface area contributed by atoms with Gasteiger partial charge < -0.3 is 20.1 Å². The lowest BCUT2D eigenvalue weighted by Crippen LogP contribution is -2.57. The van der Waals surface area contributed by atoms with E-state index in [4.69, 9.17) is 4.74 Å². The average Bonchev–Trinajstić information content (AvgIpc) is 3.66. The lowest BCUT2D eigenvalue weighted by atomic mass is 9.96. The van der Waals surface area contributed by atoms with Crippen LogP contribution in [0.5, 0.6) is 11.5 Å². The number of aromatic nitrogens is 4. The molecule has 7 rings (SSSR count). The fourth-order valence-corrected chi connectivity index (χ4v) is 6.29. The molecule has 8 nitrogen and oxygen atoms in total. The summed E-state index contributed by atoms with van der Waals surface area (Å²) in [6.45, 7) is 4.17. The Bertz CT molecular complexity index is 1360. The molecule has 38 heavy (non-hydrogen) atoms. The second-order valence-corrected chi connectivity index (χ2v) is 11.8. The van der Waals surface area contributed by atoms with Gasteiger partial charge in [0.25, 0.3) is 0 Å². The van der Waals surface area contributed by atoms with E-state index >= 15 is 4.39 Å². The summed E-state index contributed by atoms with van der Waals surface area (Å²) < 4.78 is 21.5. The number of rotatable bonds is 5. The Labute approximate surface area is 221 Å². The minimum atomic E-state index is -0.941. The van der Waals surface area contributed by atoms with Crippen molar-refractivity contribution in [3.05, 3.63) is 42.4 Å². The number of nitrogens with one attached hydrogen (secondary N) is 1. The van der Waals surface area contributed by atoms with Crippen LogP contribution in [0.2, 0.25) is 0 Å². The van der Waals surface area contributed by atoms with Crippen LogP contribution in [0.4, 0.5) is 10.3 Å². The molecular formula is C29H33FN6O2. The topological polar surface area (TPSA) is 96.3 Å². The standard InChI is InChI=1S/C29H33FN6O2/c1-29(2)10-9-21-26(38-29)12-17(14-31-21)16-3-7-20(25(37)11-16)23-15-32-28(35-34-23)36(19-5-6-19)24-13-18-4-8-22(33-18)27(24)30/h3,7,11-12,14-15,18-19,22,24,27,33,37H,4-6,8-10,13H2,1-2H3/t18-,22-,24-,27+/m0/s1. The first-order chi connectivity index (χ1) is 18.3. The third-order valence-electron chi connectivity index (χ3n) is 8.52. The molecule has 4 aliphatic rings. The number of anilines is 1. The molecule has 5 heterocycles. The number of piperidine rings is 1. The highest BCUT2D eigenvalue weighted by Crippen LogP contribution is 2.40. The summed E-state index contributed by atoms with van der Waals surface area (Å²) in [5, 5.41) is 23.1. The van der Waals surface area contributed by atoms with Crippen molar-refractivity contribution >= 4 is 5.95 Å². The van der Waals surface area contributed by atoms with Crippen molar-refractivity contribution in [3.8, 4) is 33.9 Å². The molecule has 3 aromatic rings. The lowest BCUT2D eigenvalue weighted by Gasteiger charge is -2.40. The van der Waals surface area contributed by atoms with Crippen molar-refractivity contribution in [2.45, 2.75) is 94.7 Å². The normalized spacial score (nSPS) is 27.4. The van der Waals surface area contributed by atoms with E-state index in [0.717, 1.165) is 67.5 Å². The Hall–Kier alpha value is -3.33. The molecule has 0 amide bonds. The number of hydrogen-bond acceptors (Lipinski definition) is 8. The number of phenols is 1. The van der Waals surface area contributed by atoms with E-state index < -0.39 is 6.17 Å². The molecule has 2 bridgehead atoms. The first kappa shape index (κ1) is 23.8. The van der Waals surface area contributed by atoms with Gasteiger partial charge in [-0.3, -0.25) is 4.98 Å². The van der Waals surface area contributed by atoms with Crippen molar-refractivity contribution in [2.24, 2.45) is 0 Å². The Balaban J connectivity index is 1.13. The molecule has 3 fully saturated rings. The van der Waals surface area contributed by atoms with Crippen molar-refractivity contribution in [3.63, 3.8) is 0 Å². The Morgan fingerprint density at radius 2 is 1.92 bits per heavy atom. The molecule has 1 aromatic carbocycles. The summed E-state index contributed by atoms with van der Waals surface area (Å²) in [7, 11) is 0. The number of aryl methyl sites for hydroxylation is 1. The van der Waals surface area contributed by atoms with Crippen LogP contribution in [0, 0.1) is 0 Å². The summed E-state index contributed by atoms with van der Waals surface area (Å²) in [5.74, 6) is 1.36. The van der Waals surface area contributed by atoms with Crippen LogP contribution in [-0.2, 0) is 6.42 Å². The third-order valence-corrected chi connectivity index (χ3v) is 8.52. The predicted octanol–water partition coefficient (Wildman–Crippen LogP) is 4.61. The fourth-order valence-electron chi connectivity index (χ4n) is 6.29.